The van der Waals surface area contributed by atoms with E-state index in [1.54, 1.807) is 6.26 Å². The Bertz CT molecular complexity index is 631. The molecule has 0 bridgehead atoms. The molecule has 0 aliphatic carbocycles. The first-order valence-electron chi connectivity index (χ1n) is 8.72. The molecule has 2 aliphatic rings. The monoisotopic (exact) mass is 327 g/mol. The molecule has 5 nitrogen and oxygen atoms in total. The maximum atomic E-state index is 5.81. The lowest BCUT2D eigenvalue weighted by molar-refractivity contribution is -0.0245. The third-order valence-corrected chi connectivity index (χ3v) is 5.48. The largest absolute Gasteiger partial charge is 0.472 e. The van der Waals surface area contributed by atoms with Crippen LogP contribution in [-0.4, -0.2) is 53.7 Å². The molecule has 128 valence electrons. The van der Waals surface area contributed by atoms with Gasteiger partial charge in [0.05, 0.1) is 18.6 Å². The number of fused-ring (bicyclic) bond motifs is 1. The Hall–Kier alpha value is -1.69. The average Bonchev–Trinajstić information content (AvgIpc) is 3.26. The number of methoxy groups -OCH3 is 1. The lowest BCUT2D eigenvalue weighted by Crippen LogP contribution is -2.50. The van der Waals surface area contributed by atoms with Gasteiger partial charge in [-0.05, 0) is 30.2 Å². The normalized spacial score (nSPS) is 28.1. The van der Waals surface area contributed by atoms with Crippen LogP contribution in [0.5, 0.6) is 0 Å². The van der Waals surface area contributed by atoms with Crippen LogP contribution in [0.2, 0.25) is 0 Å². The van der Waals surface area contributed by atoms with E-state index in [1.807, 2.05) is 25.8 Å². The molecule has 0 aromatic carbocycles. The smallest absolute Gasteiger partial charge is 0.0947 e. The van der Waals surface area contributed by atoms with Crippen LogP contribution in [-0.2, 0) is 17.8 Å². The van der Waals surface area contributed by atoms with E-state index in [9.17, 15) is 0 Å². The van der Waals surface area contributed by atoms with Crippen LogP contribution in [0.25, 0.3) is 0 Å². The topological polar surface area (TPSA) is 41.7 Å². The standard InChI is InChI=1S/C19H25N3O2/c1-23-19-4-8-22(11-16-5-9-24-14-16)18-13-21(12-17(18)19)10-15-2-6-20-7-3-15/h2-3,5-7,9,14,17-19H,4,8,10-13H2,1H3/t17-,18+,19+/m1/s1. The van der Waals surface area contributed by atoms with Gasteiger partial charge in [-0.1, -0.05) is 0 Å². The van der Waals surface area contributed by atoms with Gasteiger partial charge in [0.2, 0.25) is 0 Å². The number of rotatable bonds is 5. The zero-order valence-corrected chi connectivity index (χ0v) is 14.2. The van der Waals surface area contributed by atoms with E-state index in [2.05, 4.69) is 33.0 Å². The molecule has 2 aromatic rings. The Morgan fingerprint density at radius 3 is 2.79 bits per heavy atom. The molecule has 0 N–H and O–H groups in total. The average molecular weight is 327 g/mol. The van der Waals surface area contributed by atoms with Crippen molar-refractivity contribution >= 4 is 0 Å². The van der Waals surface area contributed by atoms with Crippen LogP contribution in [0.4, 0.5) is 0 Å². The highest BCUT2D eigenvalue weighted by molar-refractivity contribution is 5.12. The second-order valence-corrected chi connectivity index (χ2v) is 6.95. The van der Waals surface area contributed by atoms with E-state index in [-0.39, 0.29) is 0 Å². The zero-order valence-electron chi connectivity index (χ0n) is 14.2. The van der Waals surface area contributed by atoms with E-state index in [4.69, 9.17) is 9.15 Å². The minimum atomic E-state index is 0.373. The van der Waals surface area contributed by atoms with Crippen molar-refractivity contribution in [3.8, 4) is 0 Å². The van der Waals surface area contributed by atoms with Crippen LogP contribution >= 0.6 is 0 Å². The van der Waals surface area contributed by atoms with Crippen molar-refractivity contribution < 1.29 is 9.15 Å². The molecule has 2 saturated heterocycles. The number of likely N-dealkylation sites (tertiary alicyclic amines) is 2. The summed E-state index contributed by atoms with van der Waals surface area (Å²) in [5, 5.41) is 0. The van der Waals surface area contributed by atoms with Gasteiger partial charge in [-0.25, -0.2) is 0 Å². The lowest BCUT2D eigenvalue weighted by Gasteiger charge is -2.41. The van der Waals surface area contributed by atoms with Gasteiger partial charge in [-0.15, -0.1) is 0 Å². The van der Waals surface area contributed by atoms with Crippen molar-refractivity contribution in [1.29, 1.82) is 0 Å². The number of ether oxygens (including phenoxy) is 1. The molecular formula is C19H25N3O2. The molecule has 0 saturated carbocycles. The van der Waals surface area contributed by atoms with E-state index in [1.165, 1.54) is 11.1 Å². The molecule has 24 heavy (non-hydrogen) atoms. The minimum absolute atomic E-state index is 0.373. The molecule has 0 unspecified atom stereocenters. The SMILES string of the molecule is CO[C@H]1CCN(Cc2ccoc2)[C@H]2CN(Cc3ccncc3)C[C@@H]12. The molecule has 2 aliphatic heterocycles. The first kappa shape index (κ1) is 15.8. The molecule has 2 fully saturated rings. The van der Waals surface area contributed by atoms with Gasteiger partial charge in [-0.3, -0.25) is 14.8 Å². The van der Waals surface area contributed by atoms with Crippen LogP contribution in [0.15, 0.2) is 47.5 Å². The Morgan fingerprint density at radius 1 is 1.17 bits per heavy atom. The molecule has 3 atom stereocenters. The van der Waals surface area contributed by atoms with Crippen molar-refractivity contribution in [3.63, 3.8) is 0 Å². The summed E-state index contributed by atoms with van der Waals surface area (Å²) in [6, 6.07) is 6.85. The Balaban J connectivity index is 1.47. The highest BCUT2D eigenvalue weighted by Crippen LogP contribution is 2.34. The van der Waals surface area contributed by atoms with Crippen molar-refractivity contribution in [2.45, 2.75) is 31.7 Å². The van der Waals surface area contributed by atoms with Gasteiger partial charge < -0.3 is 9.15 Å². The maximum absolute atomic E-state index is 5.81. The number of hydrogen-bond donors (Lipinski definition) is 0. The van der Waals surface area contributed by atoms with E-state index >= 15 is 0 Å². The number of furan rings is 1. The molecule has 5 heteroatoms. The third-order valence-electron chi connectivity index (χ3n) is 5.48. The van der Waals surface area contributed by atoms with Crippen LogP contribution in [0, 0.1) is 5.92 Å². The number of nitrogens with zero attached hydrogens (tertiary/aromatic N) is 3. The summed E-state index contributed by atoms with van der Waals surface area (Å²) >= 11 is 0. The predicted octanol–water partition coefficient (Wildman–Crippen LogP) is 2.40. The van der Waals surface area contributed by atoms with Gasteiger partial charge in [0.1, 0.15) is 0 Å². The molecule has 0 spiro atoms. The molecule has 2 aromatic heterocycles. The van der Waals surface area contributed by atoms with Crippen LogP contribution in [0.1, 0.15) is 17.5 Å². The molecule has 0 amide bonds. The molecule has 4 heterocycles. The van der Waals surface area contributed by atoms with Gasteiger partial charge in [0.25, 0.3) is 0 Å². The minimum Gasteiger partial charge on any atom is -0.472 e. The van der Waals surface area contributed by atoms with Crippen LogP contribution < -0.4 is 0 Å². The van der Waals surface area contributed by atoms with E-state index in [0.29, 0.717) is 18.1 Å². The summed E-state index contributed by atoms with van der Waals surface area (Å²) < 4.78 is 11.0. The van der Waals surface area contributed by atoms with E-state index < -0.39 is 0 Å². The number of pyridine rings is 1. The lowest BCUT2D eigenvalue weighted by atomic mass is 9.89. The highest BCUT2D eigenvalue weighted by Gasteiger charge is 2.44. The third kappa shape index (κ3) is 3.24. The van der Waals surface area contributed by atoms with Gasteiger partial charge >= 0.3 is 0 Å². The highest BCUT2D eigenvalue weighted by atomic mass is 16.5. The fraction of sp³-hybridized carbons (Fsp3) is 0.526. The molecular weight excluding hydrogens is 302 g/mol. The maximum Gasteiger partial charge on any atom is 0.0947 e. The Morgan fingerprint density at radius 2 is 2.04 bits per heavy atom. The van der Waals surface area contributed by atoms with Gasteiger partial charge in [-0.2, -0.15) is 0 Å². The fourth-order valence-electron chi connectivity index (χ4n) is 4.30. The van der Waals surface area contributed by atoms with E-state index in [0.717, 1.165) is 39.1 Å². The van der Waals surface area contributed by atoms with Crippen molar-refractivity contribution in [2.75, 3.05) is 26.7 Å². The summed E-state index contributed by atoms with van der Waals surface area (Å²) in [5.41, 5.74) is 2.59. The quantitative estimate of drug-likeness (QED) is 0.843. The summed E-state index contributed by atoms with van der Waals surface area (Å²) in [4.78, 5) is 9.28. The Labute approximate surface area is 143 Å². The summed E-state index contributed by atoms with van der Waals surface area (Å²) in [5.74, 6) is 0.581. The number of piperidine rings is 1. The zero-order chi connectivity index (χ0) is 16.4. The fourth-order valence-corrected chi connectivity index (χ4v) is 4.30. The number of aromatic nitrogens is 1. The Kier molecular flexibility index (Phi) is 4.65. The molecule has 4 rings (SSSR count). The van der Waals surface area contributed by atoms with Crippen molar-refractivity contribution in [2.24, 2.45) is 5.92 Å². The molecule has 0 radical (unpaired) electrons. The summed E-state index contributed by atoms with van der Waals surface area (Å²) in [7, 11) is 1.86. The second-order valence-electron chi connectivity index (χ2n) is 6.95. The predicted molar refractivity (Wildman–Crippen MR) is 91.3 cm³/mol. The van der Waals surface area contributed by atoms with Crippen molar-refractivity contribution in [1.82, 2.24) is 14.8 Å². The first-order valence-corrected chi connectivity index (χ1v) is 8.72. The number of hydrogen-bond acceptors (Lipinski definition) is 5. The van der Waals surface area contributed by atoms with Gasteiger partial charge in [0.15, 0.2) is 0 Å². The van der Waals surface area contributed by atoms with Gasteiger partial charge in [0, 0.05) is 69.8 Å². The first-order chi connectivity index (χ1) is 11.8. The summed E-state index contributed by atoms with van der Waals surface area (Å²) in [6.45, 7) is 5.26. The second kappa shape index (κ2) is 7.05. The summed E-state index contributed by atoms with van der Waals surface area (Å²) in [6.07, 6.45) is 8.86. The van der Waals surface area contributed by atoms with Crippen LogP contribution in [0.3, 0.4) is 0 Å². The van der Waals surface area contributed by atoms with Crippen molar-refractivity contribution in [3.05, 3.63) is 54.2 Å².